The van der Waals surface area contributed by atoms with Crippen molar-refractivity contribution in [3.63, 3.8) is 0 Å². The second-order valence-corrected chi connectivity index (χ2v) is 12.2. The summed E-state index contributed by atoms with van der Waals surface area (Å²) >= 11 is 19.6. The SMILES string of the molecule is O=C(Cl)c1ccc(Oc2ccc(C(c3ccccc3)(c3ccccc3)c3ccc(Oc4ccc(C(=O)Cl)cc4)cc3)cc2)cc1.O=C(O)Cl.O=C(O)Cl. The molecule has 0 bridgehead atoms. The molecule has 8 nitrogen and oxygen atoms in total. The van der Waals surface area contributed by atoms with Crippen molar-refractivity contribution in [2.24, 2.45) is 0 Å². The van der Waals surface area contributed by atoms with Gasteiger partial charge in [-0.2, -0.15) is 0 Å². The van der Waals surface area contributed by atoms with Gasteiger partial charge in [-0.1, -0.05) is 84.9 Å². The van der Waals surface area contributed by atoms with Gasteiger partial charge in [0.2, 0.25) is 0 Å². The van der Waals surface area contributed by atoms with E-state index in [4.69, 9.17) is 52.5 Å². The molecule has 268 valence electrons. The zero-order valence-electron chi connectivity index (χ0n) is 27.4. The second-order valence-electron chi connectivity index (χ2n) is 10.8. The maximum absolute atomic E-state index is 11.4. The molecule has 0 unspecified atom stereocenters. The minimum absolute atomic E-state index is 0.409. The molecule has 6 rings (SSSR count). The lowest BCUT2D eigenvalue weighted by Gasteiger charge is -2.37. The quantitative estimate of drug-likeness (QED) is 0.104. The largest absolute Gasteiger partial charge is 0.469 e. The van der Waals surface area contributed by atoms with E-state index in [1.165, 1.54) is 0 Å². The molecule has 0 saturated carbocycles. The fourth-order valence-corrected chi connectivity index (χ4v) is 5.75. The third-order valence-electron chi connectivity index (χ3n) is 7.62. The van der Waals surface area contributed by atoms with E-state index in [1.807, 2.05) is 60.7 Å². The summed E-state index contributed by atoms with van der Waals surface area (Å²) in [5.74, 6) is 2.51. The van der Waals surface area contributed by atoms with E-state index in [9.17, 15) is 9.59 Å². The van der Waals surface area contributed by atoms with Crippen LogP contribution in [0.1, 0.15) is 43.0 Å². The molecule has 0 atom stereocenters. The Balaban J connectivity index is 0.000000714. The Hall–Kier alpha value is -5.64. The highest BCUT2D eigenvalue weighted by atomic mass is 35.5. The number of carbonyl (C=O) groups is 4. The molecule has 0 aliphatic rings. The first-order valence-corrected chi connectivity index (χ1v) is 17.0. The number of hydrogen-bond acceptors (Lipinski definition) is 6. The molecule has 6 aromatic rings. The summed E-state index contributed by atoms with van der Waals surface area (Å²) in [6.45, 7) is 0. The van der Waals surface area contributed by atoms with Crippen LogP contribution in [-0.4, -0.2) is 31.6 Å². The van der Waals surface area contributed by atoms with Crippen LogP contribution in [0, 0.1) is 0 Å². The lowest BCUT2D eigenvalue weighted by atomic mass is 9.65. The van der Waals surface area contributed by atoms with Gasteiger partial charge in [0.1, 0.15) is 23.0 Å². The van der Waals surface area contributed by atoms with Gasteiger partial charge in [-0.25, -0.2) is 9.59 Å². The lowest BCUT2D eigenvalue weighted by Crippen LogP contribution is -2.30. The Morgan fingerprint density at radius 1 is 0.377 bits per heavy atom. The van der Waals surface area contributed by atoms with Gasteiger partial charge in [-0.3, -0.25) is 9.59 Å². The molecule has 0 fully saturated rings. The highest BCUT2D eigenvalue weighted by Crippen LogP contribution is 2.46. The second kappa shape index (κ2) is 19.3. The zero-order chi connectivity index (χ0) is 38.4. The van der Waals surface area contributed by atoms with Gasteiger partial charge in [0.05, 0.1) is 5.41 Å². The van der Waals surface area contributed by atoms with Crippen molar-refractivity contribution in [3.8, 4) is 23.0 Å². The summed E-state index contributed by atoms with van der Waals surface area (Å²) in [7, 11) is 0. The number of ether oxygens (including phenoxy) is 2. The van der Waals surface area contributed by atoms with Crippen LogP contribution < -0.4 is 9.47 Å². The maximum Gasteiger partial charge on any atom is 0.401 e. The number of rotatable bonds is 10. The standard InChI is InChI=1S/C39H26Cl2O4.2CHClO2/c40-37(42)27-11-19-33(20-12-27)44-35-23-15-31(16-24-35)39(29-7-3-1-4-8-29,30-9-5-2-6-10-30)32-17-25-36(26-18-32)45-34-21-13-28(14-22-34)38(41)43;2*2-1(3)4/h1-26H;2*(H,3,4). The smallest absolute Gasteiger partial charge is 0.401 e. The van der Waals surface area contributed by atoms with Crippen molar-refractivity contribution < 1.29 is 38.9 Å². The number of benzene rings is 6. The molecule has 53 heavy (non-hydrogen) atoms. The van der Waals surface area contributed by atoms with E-state index in [-0.39, 0.29) is 0 Å². The molecule has 0 heterocycles. The monoisotopic (exact) mass is 788 g/mol. The predicted molar refractivity (Wildman–Crippen MR) is 206 cm³/mol. The lowest BCUT2D eigenvalue weighted by molar-refractivity contribution is 0.107. The number of halogens is 4. The maximum atomic E-state index is 11.4. The number of hydrogen-bond donors (Lipinski definition) is 2. The molecule has 0 aliphatic carbocycles. The van der Waals surface area contributed by atoms with Crippen LogP contribution in [0.25, 0.3) is 0 Å². The Bertz CT molecular complexity index is 1960. The van der Waals surface area contributed by atoms with Crippen LogP contribution in [0.4, 0.5) is 9.59 Å². The number of carboxylic acid groups (broad SMARTS) is 2. The minimum Gasteiger partial charge on any atom is -0.469 e. The van der Waals surface area contributed by atoms with E-state index in [0.717, 1.165) is 22.3 Å². The molecule has 12 heteroatoms. The van der Waals surface area contributed by atoms with Crippen molar-refractivity contribution in [1.29, 1.82) is 0 Å². The summed E-state index contributed by atoms with van der Waals surface area (Å²) < 4.78 is 12.2. The normalized spacial score (nSPS) is 10.3. The van der Waals surface area contributed by atoms with Crippen LogP contribution >= 0.6 is 46.4 Å². The predicted octanol–water partition coefficient (Wildman–Crippen LogP) is 12.2. The molecule has 0 radical (unpaired) electrons. The summed E-state index contributed by atoms with van der Waals surface area (Å²) in [5.41, 5.74) is 1.72. The molecule has 2 N–H and O–H groups in total. The van der Waals surface area contributed by atoms with Crippen molar-refractivity contribution in [1.82, 2.24) is 0 Å². The highest BCUT2D eigenvalue weighted by molar-refractivity contribution is 6.68. The van der Waals surface area contributed by atoms with E-state index in [0.29, 0.717) is 34.1 Å². The van der Waals surface area contributed by atoms with Gasteiger partial charge < -0.3 is 19.7 Å². The van der Waals surface area contributed by atoms with Crippen molar-refractivity contribution >= 4 is 67.7 Å². The molecular formula is C41H28Cl4O8. The Morgan fingerprint density at radius 3 is 0.849 bits per heavy atom. The van der Waals surface area contributed by atoms with Crippen LogP contribution in [0.2, 0.25) is 0 Å². The first kappa shape index (κ1) is 40.1. The van der Waals surface area contributed by atoms with Crippen LogP contribution in [-0.2, 0) is 5.41 Å². The van der Waals surface area contributed by atoms with E-state index in [2.05, 4.69) is 71.7 Å². The third-order valence-corrected chi connectivity index (χ3v) is 8.06. The average molecular weight is 790 g/mol. The Labute approximate surface area is 324 Å². The number of carbonyl (C=O) groups excluding carboxylic acids is 2. The van der Waals surface area contributed by atoms with Gasteiger partial charge in [0, 0.05) is 34.3 Å². The fourth-order valence-electron chi connectivity index (χ4n) is 5.50. The van der Waals surface area contributed by atoms with Gasteiger partial charge in [0.25, 0.3) is 10.5 Å². The van der Waals surface area contributed by atoms with Gasteiger partial charge in [-0.15, -0.1) is 0 Å². The summed E-state index contributed by atoms with van der Waals surface area (Å²) in [5, 5.41) is 13.3. The van der Waals surface area contributed by atoms with Crippen molar-refractivity contribution in [2.45, 2.75) is 5.41 Å². The average Bonchev–Trinajstić information content (AvgIpc) is 3.14. The highest BCUT2D eigenvalue weighted by Gasteiger charge is 2.38. The van der Waals surface area contributed by atoms with E-state index >= 15 is 0 Å². The van der Waals surface area contributed by atoms with E-state index < -0.39 is 26.8 Å². The van der Waals surface area contributed by atoms with Crippen LogP contribution in [0.5, 0.6) is 23.0 Å². The minimum atomic E-state index is -1.36. The van der Waals surface area contributed by atoms with Crippen molar-refractivity contribution in [2.75, 3.05) is 0 Å². The third kappa shape index (κ3) is 11.2. The van der Waals surface area contributed by atoms with Gasteiger partial charge >= 0.3 is 10.9 Å². The Kier molecular flexibility index (Phi) is 14.6. The Morgan fingerprint density at radius 2 is 0.604 bits per heavy atom. The summed E-state index contributed by atoms with van der Waals surface area (Å²) in [6, 6.07) is 50.3. The van der Waals surface area contributed by atoms with Crippen molar-refractivity contribution in [3.05, 3.63) is 191 Å². The van der Waals surface area contributed by atoms with Gasteiger partial charge in [-0.05, 0) is 118 Å². The molecule has 0 aromatic heterocycles. The molecule has 0 spiro atoms. The molecule has 0 saturated heterocycles. The summed E-state index contributed by atoms with van der Waals surface area (Å²) in [4.78, 5) is 40.4. The van der Waals surface area contributed by atoms with Gasteiger partial charge in [0.15, 0.2) is 0 Å². The molecule has 6 aromatic carbocycles. The van der Waals surface area contributed by atoms with Crippen LogP contribution in [0.3, 0.4) is 0 Å². The van der Waals surface area contributed by atoms with Crippen LogP contribution in [0.15, 0.2) is 158 Å². The first-order chi connectivity index (χ1) is 25.4. The topological polar surface area (TPSA) is 127 Å². The zero-order valence-corrected chi connectivity index (χ0v) is 30.4. The summed E-state index contributed by atoms with van der Waals surface area (Å²) in [6.07, 6.45) is 0. The molecule has 0 aliphatic heterocycles. The fraction of sp³-hybridized carbons (Fsp3) is 0.0244. The first-order valence-electron chi connectivity index (χ1n) is 15.4. The molecular weight excluding hydrogens is 762 g/mol. The molecule has 0 amide bonds. The van der Waals surface area contributed by atoms with E-state index in [1.54, 1.807) is 48.5 Å².